The van der Waals surface area contributed by atoms with Crippen LogP contribution in [0.15, 0.2) is 27.6 Å². The van der Waals surface area contributed by atoms with Crippen LogP contribution in [0.25, 0.3) is 11.5 Å². The molecule has 106 valence electrons. The minimum absolute atomic E-state index is 0.162. The number of nitrogens with one attached hydrogen (secondary N) is 1. The van der Waals surface area contributed by atoms with Crippen molar-refractivity contribution in [1.29, 1.82) is 0 Å². The van der Waals surface area contributed by atoms with E-state index in [1.54, 1.807) is 12.3 Å². The van der Waals surface area contributed by atoms with Crippen molar-refractivity contribution in [3.63, 3.8) is 0 Å². The SMILES string of the molecule is CC1CCC(N)(c2noc(-c3ccc(=O)[nH]c3)n2)CC1. The lowest BCUT2D eigenvalue weighted by atomic mass is 9.77. The molecule has 6 nitrogen and oxygen atoms in total. The van der Waals surface area contributed by atoms with Gasteiger partial charge in [-0.3, -0.25) is 4.79 Å². The normalized spacial score (nSPS) is 26.6. The molecule has 0 bridgehead atoms. The van der Waals surface area contributed by atoms with Gasteiger partial charge in [-0.05, 0) is 37.7 Å². The van der Waals surface area contributed by atoms with E-state index >= 15 is 0 Å². The molecule has 2 aromatic rings. The summed E-state index contributed by atoms with van der Waals surface area (Å²) in [5.74, 6) is 1.66. The van der Waals surface area contributed by atoms with Crippen LogP contribution in [0.4, 0.5) is 0 Å². The molecule has 1 fully saturated rings. The largest absolute Gasteiger partial charge is 0.334 e. The monoisotopic (exact) mass is 274 g/mol. The molecule has 3 rings (SSSR count). The molecule has 0 aliphatic heterocycles. The fourth-order valence-electron chi connectivity index (χ4n) is 2.59. The lowest BCUT2D eigenvalue weighted by molar-refractivity contribution is 0.230. The predicted octanol–water partition coefficient (Wildman–Crippen LogP) is 1.79. The number of nitrogens with two attached hydrogens (primary N) is 1. The lowest BCUT2D eigenvalue weighted by Crippen LogP contribution is -2.41. The summed E-state index contributed by atoms with van der Waals surface area (Å²) in [4.78, 5) is 18.0. The van der Waals surface area contributed by atoms with Gasteiger partial charge in [-0.1, -0.05) is 12.1 Å². The Hall–Kier alpha value is -1.95. The number of H-pyrrole nitrogens is 1. The molecule has 1 saturated carbocycles. The van der Waals surface area contributed by atoms with Crippen LogP contribution in [0.2, 0.25) is 0 Å². The third-order valence-electron chi connectivity index (χ3n) is 4.07. The molecular weight excluding hydrogens is 256 g/mol. The Balaban J connectivity index is 1.86. The second-order valence-electron chi connectivity index (χ2n) is 5.70. The van der Waals surface area contributed by atoms with Crippen molar-refractivity contribution in [2.75, 3.05) is 0 Å². The summed E-state index contributed by atoms with van der Waals surface area (Å²) in [5.41, 5.74) is 6.45. The van der Waals surface area contributed by atoms with Crippen molar-refractivity contribution in [2.45, 2.75) is 38.1 Å². The summed E-state index contributed by atoms with van der Waals surface area (Å²) in [6, 6.07) is 3.09. The molecule has 3 N–H and O–H groups in total. The molecule has 0 aromatic carbocycles. The maximum atomic E-state index is 11.0. The molecule has 6 heteroatoms. The van der Waals surface area contributed by atoms with E-state index in [1.165, 1.54) is 6.07 Å². The molecular formula is C14H18N4O2. The highest BCUT2D eigenvalue weighted by Gasteiger charge is 2.36. The zero-order valence-corrected chi connectivity index (χ0v) is 11.4. The Bertz CT molecular complexity index is 633. The predicted molar refractivity (Wildman–Crippen MR) is 73.9 cm³/mol. The van der Waals surface area contributed by atoms with Crippen LogP contribution in [0.3, 0.4) is 0 Å². The van der Waals surface area contributed by atoms with Crippen LogP contribution >= 0.6 is 0 Å². The average Bonchev–Trinajstić information content (AvgIpc) is 2.94. The van der Waals surface area contributed by atoms with Crippen molar-refractivity contribution >= 4 is 0 Å². The first-order valence-corrected chi connectivity index (χ1v) is 6.89. The zero-order valence-electron chi connectivity index (χ0n) is 11.4. The highest BCUT2D eigenvalue weighted by atomic mass is 16.5. The van der Waals surface area contributed by atoms with Gasteiger partial charge in [-0.25, -0.2) is 0 Å². The van der Waals surface area contributed by atoms with Gasteiger partial charge in [0.15, 0.2) is 5.82 Å². The molecule has 20 heavy (non-hydrogen) atoms. The third kappa shape index (κ3) is 2.38. The van der Waals surface area contributed by atoms with Gasteiger partial charge in [0.2, 0.25) is 5.56 Å². The zero-order chi connectivity index (χ0) is 14.2. The number of hydrogen-bond acceptors (Lipinski definition) is 5. The first-order chi connectivity index (χ1) is 9.57. The molecule has 0 amide bonds. The molecule has 2 aromatic heterocycles. The van der Waals surface area contributed by atoms with Gasteiger partial charge >= 0.3 is 0 Å². The molecule has 0 unspecified atom stereocenters. The summed E-state index contributed by atoms with van der Waals surface area (Å²) in [6.45, 7) is 2.24. The van der Waals surface area contributed by atoms with E-state index in [4.69, 9.17) is 10.3 Å². The lowest BCUT2D eigenvalue weighted by Gasteiger charge is -2.33. The number of aromatic nitrogens is 3. The Kier molecular flexibility index (Phi) is 3.17. The van der Waals surface area contributed by atoms with Crippen molar-refractivity contribution in [1.82, 2.24) is 15.1 Å². The smallest absolute Gasteiger partial charge is 0.259 e. The second kappa shape index (κ2) is 4.86. The second-order valence-corrected chi connectivity index (χ2v) is 5.70. The van der Waals surface area contributed by atoms with Crippen molar-refractivity contribution in [3.05, 3.63) is 34.5 Å². The van der Waals surface area contributed by atoms with Crippen LogP contribution in [0, 0.1) is 5.92 Å². The van der Waals surface area contributed by atoms with E-state index in [-0.39, 0.29) is 5.56 Å². The molecule has 0 atom stereocenters. The van der Waals surface area contributed by atoms with E-state index < -0.39 is 5.54 Å². The summed E-state index contributed by atoms with van der Waals surface area (Å²) < 4.78 is 5.27. The van der Waals surface area contributed by atoms with Gasteiger partial charge in [0.25, 0.3) is 5.89 Å². The number of hydrogen-bond donors (Lipinski definition) is 2. The van der Waals surface area contributed by atoms with Gasteiger partial charge in [-0.15, -0.1) is 0 Å². The highest BCUT2D eigenvalue weighted by molar-refractivity contribution is 5.50. The number of nitrogens with zero attached hydrogens (tertiary/aromatic N) is 2. The van der Waals surface area contributed by atoms with Gasteiger partial charge in [0.05, 0.1) is 11.1 Å². The van der Waals surface area contributed by atoms with Crippen molar-refractivity contribution in [3.8, 4) is 11.5 Å². The Morgan fingerprint density at radius 1 is 1.40 bits per heavy atom. The van der Waals surface area contributed by atoms with Crippen molar-refractivity contribution in [2.24, 2.45) is 11.7 Å². The molecule has 0 saturated heterocycles. The maximum absolute atomic E-state index is 11.0. The summed E-state index contributed by atoms with van der Waals surface area (Å²) >= 11 is 0. The number of aromatic amines is 1. The van der Waals surface area contributed by atoms with Gasteiger partial charge in [-0.2, -0.15) is 4.98 Å². The summed E-state index contributed by atoms with van der Waals surface area (Å²) in [5, 5.41) is 4.03. The Morgan fingerprint density at radius 3 is 2.80 bits per heavy atom. The fourth-order valence-corrected chi connectivity index (χ4v) is 2.59. The Morgan fingerprint density at radius 2 is 2.15 bits per heavy atom. The standard InChI is InChI=1S/C14H18N4O2/c1-9-4-6-14(15,7-5-9)13-17-12(20-18-13)10-2-3-11(19)16-8-10/h2-3,8-9H,4-7,15H2,1H3,(H,16,19). The number of pyridine rings is 1. The minimum Gasteiger partial charge on any atom is -0.334 e. The van der Waals surface area contributed by atoms with Crippen LogP contribution in [0.5, 0.6) is 0 Å². The molecule has 2 heterocycles. The minimum atomic E-state index is -0.490. The van der Waals surface area contributed by atoms with Crippen LogP contribution in [-0.2, 0) is 5.54 Å². The molecule has 1 aliphatic rings. The van der Waals surface area contributed by atoms with E-state index in [1.807, 2.05) is 0 Å². The van der Waals surface area contributed by atoms with E-state index in [0.717, 1.165) is 25.7 Å². The fraction of sp³-hybridized carbons (Fsp3) is 0.500. The molecule has 0 radical (unpaired) electrons. The van der Waals surface area contributed by atoms with Crippen LogP contribution < -0.4 is 11.3 Å². The topological polar surface area (TPSA) is 97.8 Å². The van der Waals surface area contributed by atoms with Crippen LogP contribution in [-0.4, -0.2) is 15.1 Å². The number of rotatable bonds is 2. The Labute approximate surface area is 116 Å². The first kappa shape index (κ1) is 13.1. The molecule has 1 aliphatic carbocycles. The van der Waals surface area contributed by atoms with Gasteiger partial charge in [0, 0.05) is 12.3 Å². The summed E-state index contributed by atoms with van der Waals surface area (Å²) in [6.07, 6.45) is 5.47. The van der Waals surface area contributed by atoms with E-state index in [0.29, 0.717) is 23.2 Å². The highest BCUT2D eigenvalue weighted by Crippen LogP contribution is 2.36. The third-order valence-corrected chi connectivity index (χ3v) is 4.07. The average molecular weight is 274 g/mol. The van der Waals surface area contributed by atoms with Gasteiger partial charge < -0.3 is 15.2 Å². The van der Waals surface area contributed by atoms with E-state index in [9.17, 15) is 4.79 Å². The maximum Gasteiger partial charge on any atom is 0.259 e. The first-order valence-electron chi connectivity index (χ1n) is 6.89. The van der Waals surface area contributed by atoms with Crippen LogP contribution in [0.1, 0.15) is 38.4 Å². The quantitative estimate of drug-likeness (QED) is 0.870. The van der Waals surface area contributed by atoms with Gasteiger partial charge in [0.1, 0.15) is 0 Å². The summed E-state index contributed by atoms with van der Waals surface area (Å²) in [7, 11) is 0. The van der Waals surface area contributed by atoms with Crippen molar-refractivity contribution < 1.29 is 4.52 Å². The molecule has 0 spiro atoms. The van der Waals surface area contributed by atoms with E-state index in [2.05, 4.69) is 22.0 Å².